The number of para-hydroxylation sites is 1. The van der Waals surface area contributed by atoms with Crippen molar-refractivity contribution in [2.45, 2.75) is 6.92 Å². The molecule has 0 unspecified atom stereocenters. The Hall–Kier alpha value is -3.59. The van der Waals surface area contributed by atoms with Crippen LogP contribution in [0.5, 0.6) is 5.75 Å². The van der Waals surface area contributed by atoms with Crippen LogP contribution in [-0.4, -0.2) is 31.6 Å². The summed E-state index contributed by atoms with van der Waals surface area (Å²) in [6.07, 6.45) is 2.84. The highest BCUT2D eigenvalue weighted by Gasteiger charge is 2.15. The highest BCUT2D eigenvalue weighted by Crippen LogP contribution is 2.14. The molecule has 0 fully saturated rings. The number of nitrogens with zero attached hydrogens (tertiary/aromatic N) is 2. The number of likely N-dealkylation sites (N-methyl/N-ethyl adjacent to an activating group) is 1. The Balaban J connectivity index is 1.85. The highest BCUT2D eigenvalue weighted by atomic mass is 16.5. The van der Waals surface area contributed by atoms with Gasteiger partial charge in [0.2, 0.25) is 0 Å². The minimum absolute atomic E-state index is 0.0205. The normalized spacial score (nSPS) is 10.2. The van der Waals surface area contributed by atoms with Gasteiger partial charge in [-0.1, -0.05) is 30.3 Å². The molecule has 0 aromatic heterocycles. The number of amides is 1. The van der Waals surface area contributed by atoms with Crippen molar-refractivity contribution in [1.29, 1.82) is 5.26 Å². The number of ether oxygens (including phenoxy) is 2. The summed E-state index contributed by atoms with van der Waals surface area (Å²) in [5.41, 5.74) is 1.53. The third-order valence-electron chi connectivity index (χ3n) is 3.62. The van der Waals surface area contributed by atoms with E-state index in [2.05, 4.69) is 0 Å². The molecule has 6 nitrogen and oxygen atoms in total. The van der Waals surface area contributed by atoms with Crippen molar-refractivity contribution in [2.75, 3.05) is 24.7 Å². The summed E-state index contributed by atoms with van der Waals surface area (Å²) in [5, 5.41) is 8.47. The molecule has 1 amide bonds. The SMILES string of the molecule is CCN(C(=O)COC(=O)C=Cc1ccc(OCC#N)cc1)c1ccccc1. The predicted molar refractivity (Wildman–Crippen MR) is 102 cm³/mol. The molecule has 0 saturated carbocycles. The number of anilines is 1. The molecule has 27 heavy (non-hydrogen) atoms. The van der Waals surface area contributed by atoms with Gasteiger partial charge in [0.1, 0.15) is 11.8 Å². The molecular formula is C21H20N2O4. The Morgan fingerprint density at radius 2 is 1.81 bits per heavy atom. The lowest BCUT2D eigenvalue weighted by molar-refractivity contribution is -0.142. The molecule has 0 bridgehead atoms. The first kappa shape index (κ1) is 19.7. The molecule has 0 saturated heterocycles. The maximum Gasteiger partial charge on any atom is 0.331 e. The Morgan fingerprint density at radius 3 is 2.44 bits per heavy atom. The van der Waals surface area contributed by atoms with E-state index in [0.29, 0.717) is 12.3 Å². The van der Waals surface area contributed by atoms with Crippen molar-refractivity contribution in [3.8, 4) is 11.8 Å². The van der Waals surface area contributed by atoms with Crippen LogP contribution >= 0.6 is 0 Å². The number of nitriles is 1. The van der Waals surface area contributed by atoms with Crippen molar-refractivity contribution in [2.24, 2.45) is 0 Å². The zero-order chi connectivity index (χ0) is 19.5. The van der Waals surface area contributed by atoms with E-state index >= 15 is 0 Å². The number of rotatable bonds is 8. The van der Waals surface area contributed by atoms with Crippen molar-refractivity contribution in [3.63, 3.8) is 0 Å². The van der Waals surface area contributed by atoms with Crippen LogP contribution in [0.4, 0.5) is 5.69 Å². The topological polar surface area (TPSA) is 79.6 Å². The van der Waals surface area contributed by atoms with Crippen molar-refractivity contribution < 1.29 is 19.1 Å². The molecule has 2 aromatic carbocycles. The molecule has 0 heterocycles. The van der Waals surface area contributed by atoms with E-state index in [-0.39, 0.29) is 19.1 Å². The molecular weight excluding hydrogens is 344 g/mol. The van der Waals surface area contributed by atoms with Gasteiger partial charge in [0, 0.05) is 18.3 Å². The number of carbonyl (C=O) groups excluding carboxylic acids is 2. The van der Waals surface area contributed by atoms with Gasteiger partial charge < -0.3 is 14.4 Å². The number of esters is 1. The van der Waals surface area contributed by atoms with Gasteiger partial charge in [-0.25, -0.2) is 4.79 Å². The van der Waals surface area contributed by atoms with E-state index in [4.69, 9.17) is 14.7 Å². The van der Waals surface area contributed by atoms with E-state index in [1.165, 1.54) is 6.08 Å². The third kappa shape index (κ3) is 6.33. The maximum absolute atomic E-state index is 12.3. The van der Waals surface area contributed by atoms with Crippen molar-refractivity contribution >= 4 is 23.6 Å². The molecule has 6 heteroatoms. The van der Waals surface area contributed by atoms with Crippen LogP contribution < -0.4 is 9.64 Å². The van der Waals surface area contributed by atoms with Crippen LogP contribution in [0.3, 0.4) is 0 Å². The fourth-order valence-corrected chi connectivity index (χ4v) is 2.32. The quantitative estimate of drug-likeness (QED) is 0.531. The van der Waals surface area contributed by atoms with Gasteiger partial charge in [0.05, 0.1) is 0 Å². The van der Waals surface area contributed by atoms with Crippen molar-refractivity contribution in [1.82, 2.24) is 0 Å². The fourth-order valence-electron chi connectivity index (χ4n) is 2.32. The minimum atomic E-state index is -0.600. The Labute approximate surface area is 158 Å². The van der Waals surface area contributed by atoms with E-state index in [0.717, 1.165) is 11.3 Å². The number of benzene rings is 2. The van der Waals surface area contributed by atoms with Gasteiger partial charge in [0.25, 0.3) is 5.91 Å². The van der Waals surface area contributed by atoms with Crippen LogP contribution in [-0.2, 0) is 14.3 Å². The number of hydrogen-bond acceptors (Lipinski definition) is 5. The van der Waals surface area contributed by atoms with Crippen LogP contribution in [0.25, 0.3) is 6.08 Å². The second-order valence-corrected chi connectivity index (χ2v) is 5.43. The summed E-state index contributed by atoms with van der Waals surface area (Å²) in [6.45, 7) is 1.99. The Morgan fingerprint density at radius 1 is 1.11 bits per heavy atom. The molecule has 2 aromatic rings. The van der Waals surface area contributed by atoms with Crippen molar-refractivity contribution in [3.05, 3.63) is 66.2 Å². The monoisotopic (exact) mass is 364 g/mol. The first-order valence-corrected chi connectivity index (χ1v) is 8.44. The summed E-state index contributed by atoms with van der Waals surface area (Å²) in [5.74, 6) is -0.316. The number of carbonyl (C=O) groups is 2. The standard InChI is InChI=1S/C21H20N2O4/c1-2-23(18-6-4-3-5-7-18)20(24)16-27-21(25)13-10-17-8-11-19(12-9-17)26-15-14-22/h3-13H,2,15-16H2,1H3. The lowest BCUT2D eigenvalue weighted by Crippen LogP contribution is -2.34. The van der Waals surface area contributed by atoms with Gasteiger partial charge in [-0.15, -0.1) is 0 Å². The van der Waals surface area contributed by atoms with Crippen LogP contribution in [0, 0.1) is 11.3 Å². The number of hydrogen-bond donors (Lipinski definition) is 0. The van der Waals surface area contributed by atoms with E-state index in [1.54, 1.807) is 35.2 Å². The predicted octanol–water partition coefficient (Wildman–Crippen LogP) is 3.20. The molecule has 0 N–H and O–H groups in total. The average Bonchev–Trinajstić information content (AvgIpc) is 2.71. The first-order chi connectivity index (χ1) is 13.1. The van der Waals surface area contributed by atoms with Crippen LogP contribution in [0.15, 0.2) is 60.7 Å². The molecule has 0 atom stereocenters. The molecule has 0 aliphatic carbocycles. The molecule has 0 spiro atoms. The second kappa shape index (κ2) is 10.4. The zero-order valence-electron chi connectivity index (χ0n) is 15.0. The summed E-state index contributed by atoms with van der Waals surface area (Å²) in [7, 11) is 0. The van der Waals surface area contributed by atoms with Gasteiger partial charge in [-0.3, -0.25) is 4.79 Å². The largest absolute Gasteiger partial charge is 0.479 e. The molecule has 2 rings (SSSR count). The van der Waals surface area contributed by atoms with Crippen LogP contribution in [0.1, 0.15) is 12.5 Å². The molecule has 0 aliphatic heterocycles. The average molecular weight is 364 g/mol. The highest BCUT2D eigenvalue weighted by molar-refractivity contribution is 5.96. The molecule has 0 radical (unpaired) electrons. The summed E-state index contributed by atoms with van der Waals surface area (Å²) in [4.78, 5) is 25.7. The van der Waals surface area contributed by atoms with Gasteiger partial charge in [-0.2, -0.15) is 5.26 Å². The van der Waals surface area contributed by atoms with Gasteiger partial charge in [0.15, 0.2) is 13.2 Å². The zero-order valence-corrected chi connectivity index (χ0v) is 15.0. The Kier molecular flexibility index (Phi) is 7.61. The third-order valence-corrected chi connectivity index (χ3v) is 3.62. The summed E-state index contributed by atoms with van der Waals surface area (Å²) < 4.78 is 10.2. The van der Waals surface area contributed by atoms with E-state index in [9.17, 15) is 9.59 Å². The molecule has 0 aliphatic rings. The van der Waals surface area contributed by atoms with Gasteiger partial charge >= 0.3 is 5.97 Å². The smallest absolute Gasteiger partial charge is 0.331 e. The second-order valence-electron chi connectivity index (χ2n) is 5.43. The maximum atomic E-state index is 12.3. The lowest BCUT2D eigenvalue weighted by atomic mass is 10.2. The fraction of sp³-hybridized carbons (Fsp3) is 0.190. The molecule has 138 valence electrons. The lowest BCUT2D eigenvalue weighted by Gasteiger charge is -2.20. The summed E-state index contributed by atoms with van der Waals surface area (Å²) in [6, 6.07) is 18.0. The summed E-state index contributed by atoms with van der Waals surface area (Å²) >= 11 is 0. The van der Waals surface area contributed by atoms with E-state index < -0.39 is 5.97 Å². The minimum Gasteiger partial charge on any atom is -0.479 e. The first-order valence-electron chi connectivity index (χ1n) is 8.44. The Bertz CT molecular complexity index is 824. The van der Waals surface area contributed by atoms with Gasteiger partial charge in [-0.05, 0) is 42.8 Å². The van der Waals surface area contributed by atoms with Crippen LogP contribution in [0.2, 0.25) is 0 Å². The van der Waals surface area contributed by atoms with E-state index in [1.807, 2.05) is 43.3 Å².